The van der Waals surface area contributed by atoms with Gasteiger partial charge in [-0.05, 0) is 11.4 Å². The van der Waals surface area contributed by atoms with Gasteiger partial charge in [0.25, 0.3) is 16.1 Å². The molecule has 7 heteroatoms. The second kappa shape index (κ2) is 3.21. The van der Waals surface area contributed by atoms with Crippen LogP contribution in [0.5, 0.6) is 0 Å². The summed E-state index contributed by atoms with van der Waals surface area (Å²) < 4.78 is 22.4. The second-order valence-electron chi connectivity index (χ2n) is 1.99. The van der Waals surface area contributed by atoms with E-state index in [4.69, 9.17) is 0 Å². The van der Waals surface area contributed by atoms with Crippen LogP contribution in [0, 0.1) is 0 Å². The number of carbonyl (C=O) groups is 1. The van der Waals surface area contributed by atoms with Gasteiger partial charge in [0.05, 0.1) is 5.56 Å². The molecule has 0 fully saturated rings. The molecule has 1 aromatic heterocycles. The van der Waals surface area contributed by atoms with Crippen molar-refractivity contribution in [1.82, 2.24) is 4.72 Å². The van der Waals surface area contributed by atoms with Gasteiger partial charge in [0.1, 0.15) is 0 Å². The van der Waals surface area contributed by atoms with E-state index in [1.54, 1.807) is 10.1 Å². The van der Waals surface area contributed by atoms with Gasteiger partial charge in [0, 0.05) is 5.38 Å². The van der Waals surface area contributed by atoms with Gasteiger partial charge in [-0.1, -0.05) is 0 Å². The third-order valence-corrected chi connectivity index (χ3v) is 2.17. The standard InChI is InChI=1S/C5H6N2O3S2/c6-12(9,10)7-5(8)4-1-2-11-3-4/h1-3H,(H,7,8)(H2,6,9,10). The van der Waals surface area contributed by atoms with Gasteiger partial charge in [-0.3, -0.25) is 4.79 Å². The van der Waals surface area contributed by atoms with E-state index in [-0.39, 0.29) is 5.56 Å². The van der Waals surface area contributed by atoms with E-state index >= 15 is 0 Å². The maximum Gasteiger partial charge on any atom is 0.298 e. The predicted molar refractivity (Wildman–Crippen MR) is 44.9 cm³/mol. The highest BCUT2D eigenvalue weighted by atomic mass is 32.2. The third kappa shape index (κ3) is 2.61. The Hall–Kier alpha value is -0.920. The zero-order valence-corrected chi connectivity index (χ0v) is 7.48. The van der Waals surface area contributed by atoms with Crippen LogP contribution in [0.1, 0.15) is 10.4 Å². The maximum absolute atomic E-state index is 11.0. The monoisotopic (exact) mass is 206 g/mol. The Bertz CT molecular complexity index is 367. The fraction of sp³-hybridized carbons (Fsp3) is 0. The summed E-state index contributed by atoms with van der Waals surface area (Å²) in [4.78, 5) is 11.0. The summed E-state index contributed by atoms with van der Waals surface area (Å²) in [7, 11) is -3.94. The maximum atomic E-state index is 11.0. The third-order valence-electron chi connectivity index (χ3n) is 1.02. The van der Waals surface area contributed by atoms with Crippen LogP contribution in [0.4, 0.5) is 0 Å². The molecule has 0 radical (unpaired) electrons. The molecular formula is C5H6N2O3S2. The second-order valence-corrected chi connectivity index (χ2v) is 4.06. The van der Waals surface area contributed by atoms with Gasteiger partial charge in [0.2, 0.25) is 0 Å². The van der Waals surface area contributed by atoms with Crippen LogP contribution < -0.4 is 9.86 Å². The number of nitrogens with one attached hydrogen (secondary N) is 1. The molecule has 0 aliphatic carbocycles. The molecule has 0 bridgehead atoms. The highest BCUT2D eigenvalue weighted by molar-refractivity contribution is 7.87. The lowest BCUT2D eigenvalue weighted by atomic mass is 10.3. The molecular weight excluding hydrogens is 200 g/mol. The van der Waals surface area contributed by atoms with Gasteiger partial charge >= 0.3 is 0 Å². The van der Waals surface area contributed by atoms with E-state index < -0.39 is 16.1 Å². The van der Waals surface area contributed by atoms with Crippen molar-refractivity contribution in [3.8, 4) is 0 Å². The Balaban J connectivity index is 2.76. The highest BCUT2D eigenvalue weighted by Gasteiger charge is 2.10. The Morgan fingerprint density at radius 2 is 2.25 bits per heavy atom. The summed E-state index contributed by atoms with van der Waals surface area (Å²) in [5.41, 5.74) is 0.286. The molecule has 66 valence electrons. The summed E-state index contributed by atoms with van der Waals surface area (Å²) in [5.74, 6) is -0.709. The number of amides is 1. The fourth-order valence-electron chi connectivity index (χ4n) is 0.582. The Kier molecular flexibility index (Phi) is 2.46. The molecule has 12 heavy (non-hydrogen) atoms. The molecule has 0 atom stereocenters. The number of carbonyl (C=O) groups excluding carboxylic acids is 1. The van der Waals surface area contributed by atoms with E-state index in [1.165, 1.54) is 22.8 Å². The molecule has 0 saturated carbocycles. The molecule has 3 N–H and O–H groups in total. The highest BCUT2D eigenvalue weighted by Crippen LogP contribution is 2.05. The van der Waals surface area contributed by atoms with Crippen LogP contribution >= 0.6 is 11.3 Å². The van der Waals surface area contributed by atoms with Gasteiger partial charge in [0.15, 0.2) is 0 Å². The van der Waals surface area contributed by atoms with Gasteiger partial charge < -0.3 is 0 Å². The number of rotatable bonds is 2. The first kappa shape index (κ1) is 9.17. The lowest BCUT2D eigenvalue weighted by Crippen LogP contribution is -2.35. The predicted octanol–water partition coefficient (Wildman–Crippen LogP) is -0.319. The minimum atomic E-state index is -3.94. The number of thiophene rings is 1. The summed E-state index contributed by atoms with van der Waals surface area (Å²) >= 11 is 1.30. The van der Waals surface area contributed by atoms with Crippen molar-refractivity contribution < 1.29 is 13.2 Å². The van der Waals surface area contributed by atoms with E-state index in [2.05, 4.69) is 5.14 Å². The van der Waals surface area contributed by atoms with Crippen molar-refractivity contribution in [3.63, 3.8) is 0 Å². The summed E-state index contributed by atoms with van der Waals surface area (Å²) in [6, 6.07) is 1.51. The molecule has 1 aromatic rings. The lowest BCUT2D eigenvalue weighted by molar-refractivity contribution is 0.0982. The van der Waals surface area contributed by atoms with Crippen LogP contribution in [0.2, 0.25) is 0 Å². The van der Waals surface area contributed by atoms with E-state index in [0.29, 0.717) is 0 Å². The minimum Gasteiger partial charge on any atom is -0.268 e. The first-order valence-corrected chi connectivity index (χ1v) is 5.35. The summed E-state index contributed by atoms with van der Waals surface area (Å²) in [6.07, 6.45) is 0. The van der Waals surface area contributed by atoms with E-state index in [1.807, 2.05) is 0 Å². The van der Waals surface area contributed by atoms with Crippen molar-refractivity contribution in [3.05, 3.63) is 22.4 Å². The van der Waals surface area contributed by atoms with Crippen molar-refractivity contribution in [2.24, 2.45) is 5.14 Å². The Labute approximate surface area is 73.4 Å². The zero-order valence-electron chi connectivity index (χ0n) is 5.85. The topological polar surface area (TPSA) is 89.3 Å². The van der Waals surface area contributed by atoms with Gasteiger partial charge in [-0.15, -0.1) is 0 Å². The van der Waals surface area contributed by atoms with Crippen LogP contribution in [0.15, 0.2) is 16.8 Å². The number of hydrogen-bond acceptors (Lipinski definition) is 4. The number of nitrogens with two attached hydrogens (primary N) is 1. The molecule has 1 amide bonds. The average molecular weight is 206 g/mol. The van der Waals surface area contributed by atoms with Gasteiger partial charge in [-0.2, -0.15) is 19.8 Å². The lowest BCUT2D eigenvalue weighted by Gasteiger charge is -1.98. The molecule has 0 spiro atoms. The molecule has 0 aliphatic heterocycles. The molecule has 1 heterocycles. The molecule has 0 aromatic carbocycles. The molecule has 1 rings (SSSR count). The molecule has 0 unspecified atom stereocenters. The van der Waals surface area contributed by atoms with Crippen molar-refractivity contribution in [1.29, 1.82) is 0 Å². The van der Waals surface area contributed by atoms with E-state index in [0.717, 1.165) is 0 Å². The van der Waals surface area contributed by atoms with Crippen LogP contribution in [-0.4, -0.2) is 14.3 Å². The fourth-order valence-corrected chi connectivity index (χ4v) is 1.59. The van der Waals surface area contributed by atoms with Crippen LogP contribution in [-0.2, 0) is 10.2 Å². The normalized spacial score (nSPS) is 11.1. The van der Waals surface area contributed by atoms with Crippen molar-refractivity contribution >= 4 is 27.5 Å². The SMILES string of the molecule is NS(=O)(=O)NC(=O)c1ccsc1. The zero-order chi connectivity index (χ0) is 9.19. The van der Waals surface area contributed by atoms with Gasteiger partial charge in [-0.25, -0.2) is 9.86 Å². The first-order valence-electron chi connectivity index (χ1n) is 2.86. The number of hydrogen-bond donors (Lipinski definition) is 2. The quantitative estimate of drug-likeness (QED) is 0.695. The van der Waals surface area contributed by atoms with Crippen molar-refractivity contribution in [2.45, 2.75) is 0 Å². The average Bonchev–Trinajstić information content (AvgIpc) is 2.32. The molecule has 0 aliphatic rings. The Morgan fingerprint density at radius 1 is 1.58 bits per heavy atom. The summed E-state index contributed by atoms with van der Waals surface area (Å²) in [5, 5.41) is 7.78. The Morgan fingerprint density at radius 3 is 2.67 bits per heavy atom. The van der Waals surface area contributed by atoms with Crippen molar-refractivity contribution in [2.75, 3.05) is 0 Å². The van der Waals surface area contributed by atoms with Crippen LogP contribution in [0.3, 0.4) is 0 Å². The molecule has 5 nitrogen and oxygen atoms in total. The minimum absolute atomic E-state index is 0.286. The van der Waals surface area contributed by atoms with Crippen LogP contribution in [0.25, 0.3) is 0 Å². The molecule has 0 saturated heterocycles. The first-order chi connectivity index (χ1) is 5.49. The largest absolute Gasteiger partial charge is 0.298 e. The van der Waals surface area contributed by atoms with E-state index in [9.17, 15) is 13.2 Å². The summed E-state index contributed by atoms with van der Waals surface area (Å²) in [6.45, 7) is 0. The smallest absolute Gasteiger partial charge is 0.268 e.